The number of H-pyrrole nitrogens is 1. The van der Waals surface area contributed by atoms with Crippen LogP contribution in [0.25, 0.3) is 10.9 Å². The van der Waals surface area contributed by atoms with Crippen LogP contribution in [0.15, 0.2) is 47.3 Å². The standard InChI is InChI=1S/C27H33N7O2/c1-18-7-6-10-23(20(18)3)32-11-13-33(14-12-32)25(26-29-30-31-34(26)15-16-36-4)22-17-21-9-5-8-19(2)24(21)28-27(22)35/h5-10,17,25H,11-16H2,1-4H3,(H,28,35)/t25-/m1/s1. The molecule has 1 saturated heterocycles. The number of methoxy groups -OCH3 is 1. The largest absolute Gasteiger partial charge is 0.383 e. The van der Waals surface area contributed by atoms with Crippen molar-refractivity contribution >= 4 is 16.6 Å². The van der Waals surface area contributed by atoms with Gasteiger partial charge in [-0.1, -0.05) is 30.3 Å². The normalized spacial score (nSPS) is 15.5. The fourth-order valence-corrected chi connectivity index (χ4v) is 5.15. The van der Waals surface area contributed by atoms with Crippen molar-refractivity contribution in [1.29, 1.82) is 0 Å². The zero-order chi connectivity index (χ0) is 25.2. The molecule has 188 valence electrons. The van der Waals surface area contributed by atoms with Crippen LogP contribution in [0.4, 0.5) is 5.69 Å². The summed E-state index contributed by atoms with van der Waals surface area (Å²) in [5, 5.41) is 13.6. The Labute approximate surface area is 210 Å². The minimum absolute atomic E-state index is 0.111. The molecule has 5 rings (SSSR count). The first kappa shape index (κ1) is 24.1. The van der Waals surface area contributed by atoms with E-state index in [1.165, 1.54) is 16.8 Å². The van der Waals surface area contributed by atoms with Gasteiger partial charge in [0.25, 0.3) is 5.56 Å². The number of tetrazole rings is 1. The number of nitrogens with one attached hydrogen (secondary N) is 1. The predicted molar refractivity (Wildman–Crippen MR) is 141 cm³/mol. The molecule has 0 spiro atoms. The molecule has 3 heterocycles. The van der Waals surface area contributed by atoms with Crippen molar-refractivity contribution in [2.45, 2.75) is 33.4 Å². The van der Waals surface area contributed by atoms with Gasteiger partial charge in [0.2, 0.25) is 0 Å². The lowest BCUT2D eigenvalue weighted by Crippen LogP contribution is -2.49. The van der Waals surface area contributed by atoms with Gasteiger partial charge in [-0.3, -0.25) is 9.69 Å². The molecule has 36 heavy (non-hydrogen) atoms. The van der Waals surface area contributed by atoms with Gasteiger partial charge in [-0.25, -0.2) is 4.68 Å². The van der Waals surface area contributed by atoms with Crippen LogP contribution in [0.2, 0.25) is 0 Å². The Kier molecular flexibility index (Phi) is 6.84. The van der Waals surface area contributed by atoms with Crippen LogP contribution < -0.4 is 10.5 Å². The highest BCUT2D eigenvalue weighted by Crippen LogP contribution is 2.30. The van der Waals surface area contributed by atoms with Crippen molar-refractivity contribution < 1.29 is 4.74 Å². The third-order valence-electron chi connectivity index (χ3n) is 7.32. The average Bonchev–Trinajstić information content (AvgIpc) is 3.34. The van der Waals surface area contributed by atoms with Crippen LogP contribution in [0, 0.1) is 20.8 Å². The molecule has 1 atom stereocenters. The summed E-state index contributed by atoms with van der Waals surface area (Å²) in [7, 11) is 1.66. The summed E-state index contributed by atoms with van der Waals surface area (Å²) in [6.07, 6.45) is 0. The fraction of sp³-hybridized carbons (Fsp3) is 0.407. The second-order valence-corrected chi connectivity index (χ2v) is 9.49. The minimum atomic E-state index is -0.369. The van der Waals surface area contributed by atoms with Crippen LogP contribution in [-0.4, -0.2) is 70.0 Å². The number of anilines is 1. The van der Waals surface area contributed by atoms with Crippen LogP contribution in [0.3, 0.4) is 0 Å². The van der Waals surface area contributed by atoms with E-state index in [2.05, 4.69) is 62.4 Å². The molecular weight excluding hydrogens is 454 g/mol. The zero-order valence-electron chi connectivity index (χ0n) is 21.4. The van der Waals surface area contributed by atoms with Crippen molar-refractivity contribution in [2.24, 2.45) is 0 Å². The number of piperazine rings is 1. The molecule has 0 radical (unpaired) electrons. The number of ether oxygens (including phenoxy) is 1. The molecule has 9 nitrogen and oxygen atoms in total. The van der Waals surface area contributed by atoms with Gasteiger partial charge in [-0.05, 0) is 65.4 Å². The highest BCUT2D eigenvalue weighted by atomic mass is 16.5. The Morgan fingerprint density at radius 2 is 1.78 bits per heavy atom. The molecule has 1 aliphatic heterocycles. The molecule has 0 amide bonds. The van der Waals surface area contributed by atoms with Gasteiger partial charge in [0.05, 0.1) is 18.7 Å². The summed E-state index contributed by atoms with van der Waals surface area (Å²) in [6.45, 7) is 10.6. The smallest absolute Gasteiger partial charge is 0.253 e. The maximum atomic E-state index is 13.5. The summed E-state index contributed by atoms with van der Waals surface area (Å²) in [5.74, 6) is 0.657. The molecule has 0 aliphatic carbocycles. The number of aromatic nitrogens is 5. The summed E-state index contributed by atoms with van der Waals surface area (Å²) in [4.78, 5) is 21.3. The van der Waals surface area contributed by atoms with E-state index in [1.807, 2.05) is 31.2 Å². The van der Waals surface area contributed by atoms with Crippen LogP contribution in [-0.2, 0) is 11.3 Å². The number of nitrogens with zero attached hydrogens (tertiary/aromatic N) is 6. The Balaban J connectivity index is 1.52. The van der Waals surface area contributed by atoms with Crippen LogP contribution in [0.5, 0.6) is 0 Å². The van der Waals surface area contributed by atoms with Gasteiger partial charge in [-0.15, -0.1) is 5.10 Å². The van der Waals surface area contributed by atoms with Crippen molar-refractivity contribution in [1.82, 2.24) is 30.1 Å². The molecule has 9 heteroatoms. The number of pyridine rings is 1. The Bertz CT molecular complexity index is 1420. The second kappa shape index (κ2) is 10.2. The van der Waals surface area contributed by atoms with E-state index in [-0.39, 0.29) is 11.6 Å². The molecule has 1 aliphatic rings. The topological polar surface area (TPSA) is 92.2 Å². The summed E-state index contributed by atoms with van der Waals surface area (Å²) >= 11 is 0. The van der Waals surface area contributed by atoms with Crippen molar-refractivity contribution in [3.63, 3.8) is 0 Å². The maximum absolute atomic E-state index is 13.5. The molecule has 1 N–H and O–H groups in total. The Hall–Kier alpha value is -3.56. The van der Waals surface area contributed by atoms with E-state index in [4.69, 9.17) is 4.74 Å². The van der Waals surface area contributed by atoms with Crippen LogP contribution in [0.1, 0.15) is 34.1 Å². The highest BCUT2D eigenvalue weighted by Gasteiger charge is 2.33. The minimum Gasteiger partial charge on any atom is -0.383 e. The number of hydrogen-bond donors (Lipinski definition) is 1. The van der Waals surface area contributed by atoms with Gasteiger partial charge in [0.15, 0.2) is 5.82 Å². The highest BCUT2D eigenvalue weighted by molar-refractivity contribution is 5.82. The monoisotopic (exact) mass is 487 g/mol. The number of benzene rings is 2. The maximum Gasteiger partial charge on any atom is 0.253 e. The quantitative estimate of drug-likeness (QED) is 0.428. The van der Waals surface area contributed by atoms with Gasteiger partial charge >= 0.3 is 0 Å². The summed E-state index contributed by atoms with van der Waals surface area (Å²) in [5.41, 5.74) is 6.33. The van der Waals surface area contributed by atoms with Gasteiger partial charge in [0, 0.05) is 44.5 Å². The summed E-state index contributed by atoms with van der Waals surface area (Å²) in [6, 6.07) is 14.1. The molecule has 1 fully saturated rings. The molecule has 0 bridgehead atoms. The van der Waals surface area contributed by atoms with Gasteiger partial charge in [-0.2, -0.15) is 0 Å². The molecule has 2 aromatic heterocycles. The third kappa shape index (κ3) is 4.52. The first-order valence-corrected chi connectivity index (χ1v) is 12.4. The number of aromatic amines is 1. The van der Waals surface area contributed by atoms with E-state index in [9.17, 15) is 4.79 Å². The first-order chi connectivity index (χ1) is 17.5. The number of para-hydroxylation sites is 1. The SMILES string of the molecule is COCCn1nnnc1[C@@H](c1cc2cccc(C)c2[nH]c1=O)N1CCN(c2cccc(C)c2C)CC1. The van der Waals surface area contributed by atoms with Crippen molar-refractivity contribution in [3.8, 4) is 0 Å². The lowest BCUT2D eigenvalue weighted by Gasteiger charge is -2.40. The molecular formula is C27H33N7O2. The fourth-order valence-electron chi connectivity index (χ4n) is 5.15. The Morgan fingerprint density at radius 3 is 2.56 bits per heavy atom. The van der Waals surface area contributed by atoms with E-state index < -0.39 is 0 Å². The molecule has 4 aromatic rings. The van der Waals surface area contributed by atoms with Crippen molar-refractivity contribution in [3.05, 3.63) is 80.9 Å². The van der Waals surface area contributed by atoms with Gasteiger partial charge < -0.3 is 14.6 Å². The lowest BCUT2D eigenvalue weighted by atomic mass is 10.0. The predicted octanol–water partition coefficient (Wildman–Crippen LogP) is 3.00. The number of fused-ring (bicyclic) bond motifs is 1. The molecule has 2 aromatic carbocycles. The number of rotatable bonds is 7. The van der Waals surface area contributed by atoms with E-state index >= 15 is 0 Å². The zero-order valence-corrected chi connectivity index (χ0v) is 21.4. The lowest BCUT2D eigenvalue weighted by molar-refractivity contribution is 0.171. The third-order valence-corrected chi connectivity index (χ3v) is 7.32. The molecule has 0 unspecified atom stereocenters. The van der Waals surface area contributed by atoms with Gasteiger partial charge in [0.1, 0.15) is 6.04 Å². The average molecular weight is 488 g/mol. The van der Waals surface area contributed by atoms with Crippen molar-refractivity contribution in [2.75, 3.05) is 44.8 Å². The van der Waals surface area contributed by atoms with E-state index in [0.717, 1.165) is 42.6 Å². The number of aryl methyl sites for hydroxylation is 2. The van der Waals surface area contributed by atoms with E-state index in [1.54, 1.807) is 11.8 Å². The van der Waals surface area contributed by atoms with E-state index in [0.29, 0.717) is 24.5 Å². The first-order valence-electron chi connectivity index (χ1n) is 12.4. The van der Waals surface area contributed by atoms with Crippen LogP contribution >= 0.6 is 0 Å². The number of hydrogen-bond acceptors (Lipinski definition) is 7. The molecule has 0 saturated carbocycles. The Morgan fingerprint density at radius 1 is 1.03 bits per heavy atom. The summed E-state index contributed by atoms with van der Waals surface area (Å²) < 4.78 is 7.03. The second-order valence-electron chi connectivity index (χ2n) is 9.49.